The summed E-state index contributed by atoms with van der Waals surface area (Å²) in [7, 11) is 0. The smallest absolute Gasteiger partial charge is 0.309 e. The van der Waals surface area contributed by atoms with Gasteiger partial charge in [-0.2, -0.15) is 0 Å². The SMILES string of the molecule is Cc1ccc2c(=O)n(CC[C@H](C(=O)O)[C@H](O)CCc3ccc(-c4ccc(C)c(F)c4)cc3)nnc2c1. The highest BCUT2D eigenvalue weighted by Gasteiger charge is 2.26. The number of carbonyl (C=O) groups is 1. The predicted molar refractivity (Wildman–Crippen MR) is 135 cm³/mol. The summed E-state index contributed by atoms with van der Waals surface area (Å²) < 4.78 is 15.0. The average molecular weight is 490 g/mol. The number of aliphatic hydroxyl groups is 1. The summed E-state index contributed by atoms with van der Waals surface area (Å²) in [5.74, 6) is -2.44. The number of halogens is 1. The Morgan fingerprint density at radius 2 is 1.72 bits per heavy atom. The first-order valence-corrected chi connectivity index (χ1v) is 11.8. The molecule has 0 radical (unpaired) electrons. The second-order valence-corrected chi connectivity index (χ2v) is 9.14. The number of carboxylic acid groups (broad SMARTS) is 1. The highest BCUT2D eigenvalue weighted by molar-refractivity contribution is 5.77. The molecule has 0 unspecified atom stereocenters. The zero-order valence-electron chi connectivity index (χ0n) is 20.2. The summed E-state index contributed by atoms with van der Waals surface area (Å²) in [6.07, 6.45) is -0.337. The fourth-order valence-electron chi connectivity index (χ4n) is 4.23. The van der Waals surface area contributed by atoms with Gasteiger partial charge in [0.05, 0.1) is 17.4 Å². The van der Waals surface area contributed by atoms with Crippen molar-refractivity contribution in [3.8, 4) is 11.1 Å². The largest absolute Gasteiger partial charge is 0.481 e. The quantitative estimate of drug-likeness (QED) is 0.363. The molecule has 0 aliphatic rings. The van der Waals surface area contributed by atoms with Gasteiger partial charge in [-0.05, 0) is 79.1 Å². The molecule has 8 heteroatoms. The van der Waals surface area contributed by atoms with Gasteiger partial charge in [0.15, 0.2) is 0 Å². The maximum Gasteiger partial charge on any atom is 0.309 e. The summed E-state index contributed by atoms with van der Waals surface area (Å²) in [5.41, 5.74) is 4.28. The summed E-state index contributed by atoms with van der Waals surface area (Å²) in [6.45, 7) is 3.64. The summed E-state index contributed by atoms with van der Waals surface area (Å²) in [6, 6.07) is 17.9. The Kier molecular flexibility index (Phi) is 7.55. The maximum absolute atomic E-state index is 13.9. The van der Waals surface area contributed by atoms with Crippen LogP contribution >= 0.6 is 0 Å². The molecule has 3 aromatic carbocycles. The van der Waals surface area contributed by atoms with E-state index in [9.17, 15) is 24.2 Å². The molecule has 4 rings (SSSR count). The molecule has 0 aliphatic carbocycles. The molecular weight excluding hydrogens is 461 g/mol. The number of aromatic nitrogens is 3. The first-order chi connectivity index (χ1) is 17.2. The van der Waals surface area contributed by atoms with Gasteiger partial charge < -0.3 is 10.2 Å². The van der Waals surface area contributed by atoms with Crippen LogP contribution in [-0.2, 0) is 17.8 Å². The second-order valence-electron chi connectivity index (χ2n) is 9.14. The van der Waals surface area contributed by atoms with E-state index in [0.717, 1.165) is 26.9 Å². The number of carboxylic acids is 1. The molecule has 7 nitrogen and oxygen atoms in total. The van der Waals surface area contributed by atoms with Crippen molar-refractivity contribution >= 4 is 16.9 Å². The lowest BCUT2D eigenvalue weighted by molar-refractivity contribution is -0.146. The lowest BCUT2D eigenvalue weighted by Gasteiger charge is -2.19. The number of aryl methyl sites for hydroxylation is 4. The Labute approximate surface area is 207 Å². The molecule has 0 bridgehead atoms. The topological polar surface area (TPSA) is 105 Å². The molecule has 0 saturated heterocycles. The van der Waals surface area contributed by atoms with Gasteiger partial charge in [0.2, 0.25) is 0 Å². The Morgan fingerprint density at radius 1 is 1.00 bits per heavy atom. The molecule has 0 saturated carbocycles. The predicted octanol–water partition coefficient (Wildman–Crippen LogP) is 4.30. The van der Waals surface area contributed by atoms with Gasteiger partial charge in [0.1, 0.15) is 11.3 Å². The number of nitrogens with zero attached hydrogens (tertiary/aromatic N) is 3. The van der Waals surface area contributed by atoms with Gasteiger partial charge in [0.25, 0.3) is 5.56 Å². The highest BCUT2D eigenvalue weighted by Crippen LogP contribution is 2.23. The third kappa shape index (κ3) is 5.66. The summed E-state index contributed by atoms with van der Waals surface area (Å²) in [4.78, 5) is 24.5. The van der Waals surface area contributed by atoms with Crippen LogP contribution in [-0.4, -0.2) is 37.3 Å². The molecule has 1 aromatic heterocycles. The van der Waals surface area contributed by atoms with E-state index in [0.29, 0.717) is 22.9 Å². The van der Waals surface area contributed by atoms with E-state index in [-0.39, 0.29) is 30.8 Å². The fourth-order valence-corrected chi connectivity index (χ4v) is 4.23. The fraction of sp³-hybridized carbons (Fsp3) is 0.286. The molecule has 0 aliphatic heterocycles. The van der Waals surface area contributed by atoms with Crippen LogP contribution in [0, 0.1) is 25.6 Å². The van der Waals surface area contributed by atoms with Crippen molar-refractivity contribution in [2.24, 2.45) is 5.92 Å². The van der Waals surface area contributed by atoms with Gasteiger partial charge >= 0.3 is 5.97 Å². The third-order valence-corrected chi connectivity index (χ3v) is 6.50. The zero-order chi connectivity index (χ0) is 25.8. The van der Waals surface area contributed by atoms with E-state index in [1.54, 1.807) is 25.1 Å². The Bertz CT molecular complexity index is 1450. The summed E-state index contributed by atoms with van der Waals surface area (Å²) in [5, 5.41) is 28.7. The van der Waals surface area contributed by atoms with E-state index < -0.39 is 18.0 Å². The lowest BCUT2D eigenvalue weighted by Crippen LogP contribution is -2.32. The minimum absolute atomic E-state index is 0.0332. The normalized spacial score (nSPS) is 13.0. The van der Waals surface area contributed by atoms with Gasteiger partial charge in [-0.15, -0.1) is 5.10 Å². The van der Waals surface area contributed by atoms with Crippen LogP contribution in [0.25, 0.3) is 22.0 Å². The Hall–Kier alpha value is -3.91. The van der Waals surface area contributed by atoms with Crippen LogP contribution < -0.4 is 5.56 Å². The van der Waals surface area contributed by atoms with Crippen molar-refractivity contribution < 1.29 is 19.4 Å². The van der Waals surface area contributed by atoms with Crippen LogP contribution in [0.15, 0.2) is 65.5 Å². The first kappa shape index (κ1) is 25.2. The highest BCUT2D eigenvalue weighted by atomic mass is 19.1. The molecule has 1 heterocycles. The van der Waals surface area contributed by atoms with E-state index in [1.165, 1.54) is 6.07 Å². The Morgan fingerprint density at radius 3 is 2.42 bits per heavy atom. The van der Waals surface area contributed by atoms with Gasteiger partial charge in [-0.1, -0.05) is 47.7 Å². The minimum atomic E-state index is -1.13. The molecule has 0 amide bonds. The van der Waals surface area contributed by atoms with Crippen molar-refractivity contribution in [2.75, 3.05) is 0 Å². The maximum atomic E-state index is 13.9. The summed E-state index contributed by atoms with van der Waals surface area (Å²) >= 11 is 0. The van der Waals surface area contributed by atoms with Crippen molar-refractivity contribution in [1.82, 2.24) is 15.0 Å². The number of hydrogen-bond acceptors (Lipinski definition) is 5. The molecular formula is C28H28FN3O4. The third-order valence-electron chi connectivity index (χ3n) is 6.50. The van der Waals surface area contributed by atoms with Gasteiger partial charge in [0, 0.05) is 6.54 Å². The van der Waals surface area contributed by atoms with E-state index >= 15 is 0 Å². The number of aliphatic hydroxyl groups excluding tert-OH is 1. The molecule has 4 aromatic rings. The molecule has 0 spiro atoms. The minimum Gasteiger partial charge on any atom is -0.481 e. The van der Waals surface area contributed by atoms with E-state index in [1.807, 2.05) is 43.3 Å². The molecule has 2 N–H and O–H groups in total. The van der Waals surface area contributed by atoms with Crippen molar-refractivity contribution in [3.63, 3.8) is 0 Å². The number of rotatable bonds is 9. The van der Waals surface area contributed by atoms with Crippen LogP contribution in [0.2, 0.25) is 0 Å². The number of fused-ring (bicyclic) bond motifs is 1. The molecule has 0 fully saturated rings. The van der Waals surface area contributed by atoms with Crippen LogP contribution in [0.4, 0.5) is 4.39 Å². The number of hydrogen-bond donors (Lipinski definition) is 2. The molecule has 2 atom stereocenters. The van der Waals surface area contributed by atoms with Crippen LogP contribution in [0.1, 0.15) is 29.5 Å². The monoisotopic (exact) mass is 489 g/mol. The lowest BCUT2D eigenvalue weighted by atomic mass is 9.93. The molecule has 36 heavy (non-hydrogen) atoms. The first-order valence-electron chi connectivity index (χ1n) is 11.8. The second kappa shape index (κ2) is 10.8. The zero-order valence-corrected chi connectivity index (χ0v) is 20.2. The van der Waals surface area contributed by atoms with Crippen molar-refractivity contribution in [2.45, 2.75) is 45.8 Å². The standard InChI is InChI=1S/C28H28FN3O4/c1-17-3-11-22-25(15-17)30-31-32(27(22)34)14-13-23(28(35)36)26(33)12-7-19-5-9-20(10-6-19)21-8-4-18(2)24(29)16-21/h3-6,8-11,15-16,23,26,33H,7,12-14H2,1-2H3,(H,35,36)/t23-,26+/m0/s1. The average Bonchev–Trinajstić information content (AvgIpc) is 2.86. The van der Waals surface area contributed by atoms with Crippen molar-refractivity contribution in [3.05, 3.63) is 93.5 Å². The number of benzene rings is 3. The Balaban J connectivity index is 1.38. The van der Waals surface area contributed by atoms with E-state index in [4.69, 9.17) is 0 Å². The van der Waals surface area contributed by atoms with E-state index in [2.05, 4.69) is 10.3 Å². The molecule has 186 valence electrons. The van der Waals surface area contributed by atoms with Crippen LogP contribution in [0.5, 0.6) is 0 Å². The number of aliphatic carboxylic acids is 1. The van der Waals surface area contributed by atoms with Gasteiger partial charge in [-0.25, -0.2) is 9.07 Å². The van der Waals surface area contributed by atoms with Crippen LogP contribution in [0.3, 0.4) is 0 Å². The van der Waals surface area contributed by atoms with Gasteiger partial charge in [-0.3, -0.25) is 9.59 Å². The van der Waals surface area contributed by atoms with Crippen molar-refractivity contribution in [1.29, 1.82) is 0 Å².